The van der Waals surface area contributed by atoms with Gasteiger partial charge in [-0.05, 0) is 43.0 Å². The summed E-state index contributed by atoms with van der Waals surface area (Å²) in [7, 11) is 0. The van der Waals surface area contributed by atoms with Crippen molar-refractivity contribution in [1.82, 2.24) is 4.90 Å². The molecule has 1 fully saturated rings. The van der Waals surface area contributed by atoms with E-state index >= 15 is 0 Å². The Bertz CT molecular complexity index is 1050. The van der Waals surface area contributed by atoms with E-state index < -0.39 is 0 Å². The van der Waals surface area contributed by atoms with Gasteiger partial charge in [-0.25, -0.2) is 0 Å². The van der Waals surface area contributed by atoms with E-state index in [1.54, 1.807) is 11.0 Å². The van der Waals surface area contributed by atoms with Crippen LogP contribution in [-0.4, -0.2) is 35.8 Å². The van der Waals surface area contributed by atoms with Crippen LogP contribution in [0.4, 0.5) is 16.4 Å². The van der Waals surface area contributed by atoms with Crippen LogP contribution in [0.15, 0.2) is 18.2 Å². The second kappa shape index (κ2) is 6.24. The molecule has 1 aromatic heterocycles. The van der Waals surface area contributed by atoms with E-state index in [4.69, 9.17) is 5.73 Å². The lowest BCUT2D eigenvalue weighted by Gasteiger charge is -2.33. The maximum Gasteiger partial charge on any atom is 0.254 e. The number of rotatable bonds is 1. The van der Waals surface area contributed by atoms with Crippen LogP contribution in [0.5, 0.6) is 0 Å². The topological polar surface area (TPSA) is 102 Å². The number of amides is 2. The number of nitrogens with two attached hydrogens (primary N) is 1. The molecule has 8 heteroatoms. The van der Waals surface area contributed by atoms with Crippen molar-refractivity contribution < 1.29 is 9.59 Å². The summed E-state index contributed by atoms with van der Waals surface area (Å²) in [6, 6.07) is 7.64. The Balaban J connectivity index is 1.41. The first-order chi connectivity index (χ1) is 13.6. The summed E-state index contributed by atoms with van der Waals surface area (Å²) in [5.74, 6) is -0.0629. The first-order valence-corrected chi connectivity index (χ1v) is 10.2. The normalized spacial score (nSPS) is 20.1. The second-order valence-corrected chi connectivity index (χ2v) is 8.54. The minimum Gasteiger partial charge on any atom is -0.389 e. The van der Waals surface area contributed by atoms with Gasteiger partial charge in [-0.15, -0.1) is 11.3 Å². The van der Waals surface area contributed by atoms with Crippen molar-refractivity contribution in [3.05, 3.63) is 39.8 Å². The number of benzene rings is 1. The van der Waals surface area contributed by atoms with E-state index in [9.17, 15) is 14.9 Å². The Morgan fingerprint density at radius 2 is 2.21 bits per heavy atom. The SMILES string of the molecule is N#Cc1c(N)sc2c1CCN(C(=O)c1ccc3c(c1)NC(=O)C1CCCN31)C2. The standard InChI is InChI=1S/C20H19N5O2S/c21-9-13-12-5-7-24(10-17(12)28-18(13)22)20(27)11-3-4-15-14(8-11)23-19(26)16-2-1-6-25(15)16/h3-4,8,16H,1-2,5-7,10,22H2,(H,23,26). The van der Waals surface area contributed by atoms with Crippen molar-refractivity contribution in [1.29, 1.82) is 5.26 Å². The maximum atomic E-state index is 13.1. The molecule has 5 rings (SSSR count). The molecule has 7 nitrogen and oxygen atoms in total. The summed E-state index contributed by atoms with van der Waals surface area (Å²) in [5.41, 5.74) is 9.74. The van der Waals surface area contributed by atoms with Crippen molar-refractivity contribution in [2.24, 2.45) is 0 Å². The van der Waals surface area contributed by atoms with E-state index in [-0.39, 0.29) is 17.9 Å². The predicted octanol–water partition coefficient (Wildman–Crippen LogP) is 2.32. The third-order valence-corrected chi connectivity index (χ3v) is 6.90. The van der Waals surface area contributed by atoms with E-state index in [1.807, 2.05) is 12.1 Å². The molecule has 1 aromatic carbocycles. The Morgan fingerprint density at radius 3 is 3.04 bits per heavy atom. The fraction of sp³-hybridized carbons (Fsp3) is 0.350. The summed E-state index contributed by atoms with van der Waals surface area (Å²) in [5, 5.41) is 12.8. The third-order valence-electron chi connectivity index (χ3n) is 5.85. The molecule has 0 radical (unpaired) electrons. The van der Waals surface area contributed by atoms with Crippen LogP contribution in [0.1, 0.15) is 39.2 Å². The first kappa shape index (κ1) is 17.1. The molecule has 3 aliphatic heterocycles. The molecule has 2 aromatic rings. The van der Waals surface area contributed by atoms with Gasteiger partial charge in [0.2, 0.25) is 5.91 Å². The lowest BCUT2D eigenvalue weighted by Crippen LogP contribution is -2.44. The number of nitriles is 1. The number of carbonyl (C=O) groups excluding carboxylic acids is 2. The fourth-order valence-corrected chi connectivity index (χ4v) is 5.55. The Hall–Kier alpha value is -3.05. The van der Waals surface area contributed by atoms with E-state index in [0.29, 0.717) is 41.3 Å². The van der Waals surface area contributed by atoms with Gasteiger partial charge in [0.25, 0.3) is 5.91 Å². The highest BCUT2D eigenvalue weighted by atomic mass is 32.1. The van der Waals surface area contributed by atoms with Gasteiger partial charge in [0.1, 0.15) is 17.1 Å². The molecule has 0 saturated carbocycles. The second-order valence-electron chi connectivity index (χ2n) is 7.40. The van der Waals surface area contributed by atoms with Gasteiger partial charge in [-0.1, -0.05) is 0 Å². The van der Waals surface area contributed by atoms with Gasteiger partial charge in [-0.2, -0.15) is 5.26 Å². The molecular weight excluding hydrogens is 374 g/mol. The first-order valence-electron chi connectivity index (χ1n) is 9.37. The van der Waals surface area contributed by atoms with Crippen LogP contribution >= 0.6 is 11.3 Å². The summed E-state index contributed by atoms with van der Waals surface area (Å²) in [4.78, 5) is 30.3. The number of carbonyl (C=O) groups is 2. The molecule has 3 N–H and O–H groups in total. The summed E-state index contributed by atoms with van der Waals surface area (Å²) in [6.45, 7) is 1.88. The molecular formula is C20H19N5O2S. The Labute approximate surface area is 166 Å². The van der Waals surface area contributed by atoms with Crippen molar-refractivity contribution >= 4 is 39.5 Å². The monoisotopic (exact) mass is 393 g/mol. The largest absolute Gasteiger partial charge is 0.389 e. The zero-order chi connectivity index (χ0) is 19.4. The smallest absolute Gasteiger partial charge is 0.254 e. The van der Waals surface area contributed by atoms with Gasteiger partial charge in [-0.3, -0.25) is 9.59 Å². The number of fused-ring (bicyclic) bond motifs is 4. The summed E-state index contributed by atoms with van der Waals surface area (Å²) >= 11 is 1.39. The van der Waals surface area contributed by atoms with Crippen LogP contribution in [0, 0.1) is 11.3 Å². The Morgan fingerprint density at radius 1 is 1.36 bits per heavy atom. The zero-order valence-electron chi connectivity index (χ0n) is 15.2. The minimum absolute atomic E-state index is 0.00954. The molecule has 4 heterocycles. The minimum atomic E-state index is -0.0896. The number of nitrogens with zero attached hydrogens (tertiary/aromatic N) is 3. The van der Waals surface area contributed by atoms with Crippen LogP contribution in [0.3, 0.4) is 0 Å². The number of nitrogen functional groups attached to an aromatic ring is 1. The molecule has 1 unspecified atom stereocenters. The molecule has 28 heavy (non-hydrogen) atoms. The van der Waals surface area contributed by atoms with E-state index in [2.05, 4.69) is 16.3 Å². The van der Waals surface area contributed by atoms with E-state index in [0.717, 1.165) is 35.5 Å². The van der Waals surface area contributed by atoms with Crippen LogP contribution < -0.4 is 16.0 Å². The number of hydrogen-bond acceptors (Lipinski definition) is 6. The lowest BCUT2D eigenvalue weighted by atomic mass is 10.0. The van der Waals surface area contributed by atoms with Crippen molar-refractivity contribution in [3.63, 3.8) is 0 Å². The molecule has 0 spiro atoms. The number of anilines is 3. The van der Waals surface area contributed by atoms with Gasteiger partial charge in [0.15, 0.2) is 0 Å². The molecule has 142 valence electrons. The highest BCUT2D eigenvalue weighted by molar-refractivity contribution is 7.16. The van der Waals surface area contributed by atoms with Crippen LogP contribution in [0.2, 0.25) is 0 Å². The molecule has 3 aliphatic rings. The number of thiophene rings is 1. The lowest BCUT2D eigenvalue weighted by molar-refractivity contribution is -0.117. The highest BCUT2D eigenvalue weighted by Crippen LogP contribution is 2.38. The molecule has 1 atom stereocenters. The zero-order valence-corrected chi connectivity index (χ0v) is 16.0. The van der Waals surface area contributed by atoms with Crippen LogP contribution in [-0.2, 0) is 17.8 Å². The number of nitrogens with one attached hydrogen (secondary N) is 1. The quantitative estimate of drug-likeness (QED) is 0.774. The third kappa shape index (κ3) is 2.47. The number of hydrogen-bond donors (Lipinski definition) is 2. The summed E-state index contributed by atoms with van der Waals surface area (Å²) < 4.78 is 0. The molecule has 0 bridgehead atoms. The molecule has 1 saturated heterocycles. The van der Waals surface area contributed by atoms with Crippen molar-refractivity contribution in [2.45, 2.75) is 31.8 Å². The predicted molar refractivity (Wildman–Crippen MR) is 107 cm³/mol. The van der Waals surface area contributed by atoms with Crippen molar-refractivity contribution in [3.8, 4) is 6.07 Å². The van der Waals surface area contributed by atoms with Crippen LogP contribution in [0.25, 0.3) is 0 Å². The van der Waals surface area contributed by atoms with Gasteiger partial charge in [0, 0.05) is 23.5 Å². The van der Waals surface area contributed by atoms with E-state index in [1.165, 1.54) is 11.3 Å². The van der Waals surface area contributed by atoms with Gasteiger partial charge >= 0.3 is 0 Å². The molecule has 0 aliphatic carbocycles. The highest BCUT2D eigenvalue weighted by Gasteiger charge is 2.36. The average Bonchev–Trinajstić information content (AvgIpc) is 3.30. The van der Waals surface area contributed by atoms with Crippen molar-refractivity contribution in [2.75, 3.05) is 29.0 Å². The van der Waals surface area contributed by atoms with Gasteiger partial charge in [0.05, 0.1) is 23.5 Å². The average molecular weight is 393 g/mol. The summed E-state index contributed by atoms with van der Waals surface area (Å²) in [6.07, 6.45) is 2.51. The Kier molecular flexibility index (Phi) is 3.81. The van der Waals surface area contributed by atoms with Gasteiger partial charge < -0.3 is 20.9 Å². The maximum absolute atomic E-state index is 13.1. The molecule has 2 amide bonds. The fourth-order valence-electron chi connectivity index (χ4n) is 4.47.